The van der Waals surface area contributed by atoms with Gasteiger partial charge in [-0.15, -0.1) is 10.2 Å². The van der Waals surface area contributed by atoms with Crippen molar-refractivity contribution in [2.75, 3.05) is 13.1 Å². The van der Waals surface area contributed by atoms with E-state index in [1.165, 1.54) is 32.3 Å². The molecule has 5 nitrogen and oxygen atoms in total. The highest BCUT2D eigenvalue weighted by Crippen LogP contribution is 2.40. The maximum atomic E-state index is 4.10. The minimum atomic E-state index is 0.500. The Kier molecular flexibility index (Phi) is 1.58. The second-order valence-electron chi connectivity index (χ2n) is 4.06. The molecule has 1 N–H and O–H groups in total. The number of tetrazole rings is 1. The average Bonchev–Trinajstić information content (AvgIpc) is 2.78. The van der Waals surface area contributed by atoms with Crippen molar-refractivity contribution in [2.24, 2.45) is 11.8 Å². The molecule has 1 aliphatic carbocycles. The summed E-state index contributed by atoms with van der Waals surface area (Å²) >= 11 is 0. The van der Waals surface area contributed by atoms with Gasteiger partial charge < -0.3 is 5.32 Å². The van der Waals surface area contributed by atoms with Crippen molar-refractivity contribution in [3.8, 4) is 0 Å². The molecule has 1 aliphatic heterocycles. The molecule has 0 bridgehead atoms. The Labute approximate surface area is 76.5 Å². The third-order valence-electron chi connectivity index (χ3n) is 3.32. The van der Waals surface area contributed by atoms with Gasteiger partial charge in [-0.05, 0) is 43.0 Å². The summed E-state index contributed by atoms with van der Waals surface area (Å²) in [5.41, 5.74) is 0. The number of aromatic nitrogens is 4. The van der Waals surface area contributed by atoms with Crippen molar-refractivity contribution in [2.45, 2.75) is 18.9 Å². The van der Waals surface area contributed by atoms with E-state index in [0.29, 0.717) is 6.04 Å². The Bertz CT molecular complexity index is 271. The number of fused-ring (bicyclic) bond motifs is 1. The van der Waals surface area contributed by atoms with Crippen LogP contribution in [0, 0.1) is 11.8 Å². The van der Waals surface area contributed by atoms with Gasteiger partial charge in [0.05, 0.1) is 6.04 Å². The smallest absolute Gasteiger partial charge is 0.162 e. The summed E-state index contributed by atoms with van der Waals surface area (Å²) in [4.78, 5) is 1.78. The highest BCUT2D eigenvalue weighted by Gasteiger charge is 2.38. The van der Waals surface area contributed by atoms with Crippen LogP contribution in [0.5, 0.6) is 0 Å². The minimum Gasteiger partial charge on any atom is -0.316 e. The lowest BCUT2D eigenvalue weighted by atomic mass is 10.0. The molecule has 0 spiro atoms. The highest BCUT2D eigenvalue weighted by atomic mass is 15.6. The molecule has 1 aromatic rings. The predicted octanol–water partition coefficient (Wildman–Crippen LogP) is -0.156. The van der Waals surface area contributed by atoms with E-state index in [-0.39, 0.29) is 0 Å². The van der Waals surface area contributed by atoms with Gasteiger partial charge in [-0.1, -0.05) is 0 Å². The van der Waals surface area contributed by atoms with Crippen LogP contribution in [0.2, 0.25) is 0 Å². The van der Waals surface area contributed by atoms with E-state index in [2.05, 4.69) is 20.7 Å². The van der Waals surface area contributed by atoms with Crippen molar-refractivity contribution >= 4 is 0 Å². The monoisotopic (exact) mass is 179 g/mol. The lowest BCUT2D eigenvalue weighted by molar-refractivity contribution is 0.380. The van der Waals surface area contributed by atoms with Crippen LogP contribution in [0.1, 0.15) is 18.9 Å². The zero-order chi connectivity index (χ0) is 8.67. The third-order valence-corrected chi connectivity index (χ3v) is 3.32. The quantitative estimate of drug-likeness (QED) is 0.651. The molecular weight excluding hydrogens is 166 g/mol. The summed E-state index contributed by atoms with van der Waals surface area (Å²) in [7, 11) is 0. The van der Waals surface area contributed by atoms with Gasteiger partial charge in [0.25, 0.3) is 0 Å². The Morgan fingerprint density at radius 1 is 1.23 bits per heavy atom. The van der Waals surface area contributed by atoms with Crippen LogP contribution in [-0.2, 0) is 0 Å². The first kappa shape index (κ1) is 7.44. The number of nitrogens with one attached hydrogen (secondary N) is 1. The number of hydrogen-bond acceptors (Lipinski definition) is 4. The fraction of sp³-hybridized carbons (Fsp3) is 0.875. The molecule has 70 valence electrons. The van der Waals surface area contributed by atoms with E-state index in [9.17, 15) is 0 Å². The van der Waals surface area contributed by atoms with Gasteiger partial charge >= 0.3 is 0 Å². The zero-order valence-electron chi connectivity index (χ0n) is 7.43. The van der Waals surface area contributed by atoms with Crippen LogP contribution in [0.25, 0.3) is 0 Å². The van der Waals surface area contributed by atoms with Crippen LogP contribution in [0.4, 0.5) is 0 Å². The highest BCUT2D eigenvalue weighted by molar-refractivity contribution is 4.91. The largest absolute Gasteiger partial charge is 0.316 e. The summed E-state index contributed by atoms with van der Waals surface area (Å²) < 4.78 is 0. The average molecular weight is 179 g/mol. The molecule has 1 saturated carbocycles. The molecule has 13 heavy (non-hydrogen) atoms. The van der Waals surface area contributed by atoms with Gasteiger partial charge in [0.2, 0.25) is 0 Å². The van der Waals surface area contributed by atoms with Gasteiger partial charge in [0.15, 0.2) is 6.33 Å². The molecule has 0 aromatic carbocycles. The van der Waals surface area contributed by atoms with Crippen molar-refractivity contribution < 1.29 is 0 Å². The molecule has 0 amide bonds. The first-order valence-corrected chi connectivity index (χ1v) is 4.86. The van der Waals surface area contributed by atoms with Gasteiger partial charge in [0, 0.05) is 0 Å². The topological polar surface area (TPSA) is 55.6 Å². The van der Waals surface area contributed by atoms with E-state index in [0.717, 1.165) is 11.8 Å². The van der Waals surface area contributed by atoms with E-state index < -0.39 is 0 Å². The predicted molar refractivity (Wildman–Crippen MR) is 45.9 cm³/mol. The van der Waals surface area contributed by atoms with Gasteiger partial charge in [-0.2, -0.15) is 4.80 Å². The molecular formula is C8H13N5. The van der Waals surface area contributed by atoms with E-state index in [1.54, 1.807) is 4.80 Å². The number of rotatable bonds is 1. The second kappa shape index (κ2) is 2.77. The summed E-state index contributed by atoms with van der Waals surface area (Å²) in [6.45, 7) is 2.35. The molecule has 0 radical (unpaired) electrons. The molecule has 2 aliphatic rings. The van der Waals surface area contributed by atoms with Crippen LogP contribution < -0.4 is 5.32 Å². The van der Waals surface area contributed by atoms with Crippen LogP contribution in [-0.4, -0.2) is 33.3 Å². The van der Waals surface area contributed by atoms with Gasteiger partial charge in [0.1, 0.15) is 0 Å². The molecule has 5 heteroatoms. The maximum Gasteiger partial charge on any atom is 0.162 e. The fourth-order valence-corrected chi connectivity index (χ4v) is 2.67. The molecule has 3 rings (SSSR count). The fourth-order valence-electron chi connectivity index (χ4n) is 2.67. The standard InChI is InChI=1S/C8H13N5/c1-6-3-9-4-7(6)2-8(1)13-11-5-10-12-13/h5-9H,1-4H2. The lowest BCUT2D eigenvalue weighted by Crippen LogP contribution is -2.15. The lowest BCUT2D eigenvalue weighted by Gasteiger charge is -2.08. The zero-order valence-corrected chi connectivity index (χ0v) is 7.43. The first-order chi connectivity index (χ1) is 6.43. The van der Waals surface area contributed by atoms with Crippen LogP contribution in [0.15, 0.2) is 6.33 Å². The Hall–Kier alpha value is -0.970. The molecule has 2 atom stereocenters. The summed E-state index contributed by atoms with van der Waals surface area (Å²) in [6, 6.07) is 0.500. The normalized spacial score (nSPS) is 38.0. The van der Waals surface area contributed by atoms with Crippen molar-refractivity contribution in [3.05, 3.63) is 6.33 Å². The summed E-state index contributed by atoms with van der Waals surface area (Å²) in [5.74, 6) is 1.69. The van der Waals surface area contributed by atoms with E-state index in [4.69, 9.17) is 0 Å². The van der Waals surface area contributed by atoms with Crippen LogP contribution in [0.3, 0.4) is 0 Å². The van der Waals surface area contributed by atoms with E-state index in [1.807, 2.05) is 0 Å². The number of nitrogens with zero attached hydrogens (tertiary/aromatic N) is 4. The summed E-state index contributed by atoms with van der Waals surface area (Å²) in [6.07, 6.45) is 3.95. The molecule has 2 heterocycles. The molecule has 1 aromatic heterocycles. The SMILES string of the molecule is c1nnn(C2CC3CNCC3C2)n1. The Balaban J connectivity index is 1.76. The Morgan fingerprint density at radius 2 is 2.00 bits per heavy atom. The van der Waals surface area contributed by atoms with Crippen molar-refractivity contribution in [1.29, 1.82) is 0 Å². The van der Waals surface area contributed by atoms with Gasteiger partial charge in [-0.25, -0.2) is 0 Å². The first-order valence-electron chi connectivity index (χ1n) is 4.86. The van der Waals surface area contributed by atoms with Crippen molar-refractivity contribution in [3.63, 3.8) is 0 Å². The molecule has 1 saturated heterocycles. The van der Waals surface area contributed by atoms with E-state index >= 15 is 0 Å². The Morgan fingerprint density at radius 3 is 2.62 bits per heavy atom. The summed E-state index contributed by atoms with van der Waals surface area (Å²) in [5, 5.41) is 15.2. The molecule has 2 fully saturated rings. The second-order valence-corrected chi connectivity index (χ2v) is 4.06. The molecule has 2 unspecified atom stereocenters. The van der Waals surface area contributed by atoms with Crippen molar-refractivity contribution in [1.82, 2.24) is 25.5 Å². The number of hydrogen-bond donors (Lipinski definition) is 1. The third kappa shape index (κ3) is 1.14. The van der Waals surface area contributed by atoms with Crippen LogP contribution >= 0.6 is 0 Å². The van der Waals surface area contributed by atoms with Gasteiger partial charge in [-0.3, -0.25) is 0 Å². The maximum absolute atomic E-state index is 4.10. The minimum absolute atomic E-state index is 0.500.